The molecule has 2 aromatic carbocycles. The van der Waals surface area contributed by atoms with Crippen molar-refractivity contribution in [3.63, 3.8) is 0 Å². The first-order valence-electron chi connectivity index (χ1n) is 7.54. The highest BCUT2D eigenvalue weighted by atomic mass is 19.1. The number of anilines is 1. The van der Waals surface area contributed by atoms with Crippen molar-refractivity contribution in [1.29, 1.82) is 0 Å². The maximum atomic E-state index is 13.1. The molecule has 1 heterocycles. The zero-order valence-corrected chi connectivity index (χ0v) is 12.5. The van der Waals surface area contributed by atoms with Crippen LogP contribution in [-0.2, 0) is 16.0 Å². The minimum Gasteiger partial charge on any atom is -0.344 e. The Hall–Kier alpha value is -2.69. The number of carbonyl (C=O) groups is 2. The van der Waals surface area contributed by atoms with Gasteiger partial charge in [-0.1, -0.05) is 30.3 Å². The number of benzene rings is 2. The number of amides is 2. The molecule has 0 saturated carbocycles. The van der Waals surface area contributed by atoms with Gasteiger partial charge in [0, 0.05) is 12.2 Å². The maximum Gasteiger partial charge on any atom is 0.249 e. The quantitative estimate of drug-likeness (QED) is 0.942. The molecular weight excluding hydrogens is 295 g/mol. The molecule has 0 bridgehead atoms. The summed E-state index contributed by atoms with van der Waals surface area (Å²) in [5.74, 6) is -0.754. The summed E-state index contributed by atoms with van der Waals surface area (Å²) in [6.45, 7) is 0.577. The van der Waals surface area contributed by atoms with Crippen molar-refractivity contribution >= 4 is 17.5 Å². The SMILES string of the molecule is O=C(Cc1cccc(F)c1)N[C@H]1CCN(c2ccccc2)C1=O. The molecule has 0 aromatic heterocycles. The van der Waals surface area contributed by atoms with E-state index in [2.05, 4.69) is 5.32 Å². The highest BCUT2D eigenvalue weighted by molar-refractivity contribution is 6.01. The van der Waals surface area contributed by atoms with Crippen LogP contribution in [0.25, 0.3) is 0 Å². The van der Waals surface area contributed by atoms with Gasteiger partial charge in [-0.15, -0.1) is 0 Å². The first kappa shape index (κ1) is 15.2. The summed E-state index contributed by atoms with van der Waals surface area (Å²) < 4.78 is 13.1. The van der Waals surface area contributed by atoms with E-state index in [-0.39, 0.29) is 24.1 Å². The third kappa shape index (κ3) is 3.56. The zero-order chi connectivity index (χ0) is 16.2. The third-order valence-corrected chi connectivity index (χ3v) is 3.86. The van der Waals surface area contributed by atoms with E-state index in [9.17, 15) is 14.0 Å². The van der Waals surface area contributed by atoms with Gasteiger partial charge in [0.15, 0.2) is 0 Å². The van der Waals surface area contributed by atoms with E-state index in [1.807, 2.05) is 30.3 Å². The minimum absolute atomic E-state index is 0.0624. The number of hydrogen-bond acceptors (Lipinski definition) is 2. The molecule has 23 heavy (non-hydrogen) atoms. The van der Waals surface area contributed by atoms with Gasteiger partial charge >= 0.3 is 0 Å². The standard InChI is InChI=1S/C18H17FN2O2/c19-14-6-4-5-13(11-14)12-17(22)20-16-9-10-21(18(16)23)15-7-2-1-3-8-15/h1-8,11,16H,9-10,12H2,(H,20,22)/t16-/m0/s1. The van der Waals surface area contributed by atoms with E-state index in [4.69, 9.17) is 0 Å². The molecular formula is C18H17FN2O2. The van der Waals surface area contributed by atoms with Crippen molar-refractivity contribution in [2.75, 3.05) is 11.4 Å². The highest BCUT2D eigenvalue weighted by Crippen LogP contribution is 2.21. The van der Waals surface area contributed by atoms with Gasteiger partial charge in [0.2, 0.25) is 11.8 Å². The zero-order valence-electron chi connectivity index (χ0n) is 12.5. The second-order valence-electron chi connectivity index (χ2n) is 5.54. The van der Waals surface area contributed by atoms with Crippen molar-refractivity contribution in [3.05, 3.63) is 66.0 Å². The highest BCUT2D eigenvalue weighted by Gasteiger charge is 2.33. The van der Waals surface area contributed by atoms with Crippen molar-refractivity contribution in [2.45, 2.75) is 18.9 Å². The van der Waals surface area contributed by atoms with Gasteiger partial charge in [-0.05, 0) is 36.2 Å². The summed E-state index contributed by atoms with van der Waals surface area (Å²) in [6, 6.07) is 14.8. The lowest BCUT2D eigenvalue weighted by Gasteiger charge is -2.17. The molecule has 0 spiro atoms. The molecule has 1 aliphatic heterocycles. The van der Waals surface area contributed by atoms with Crippen LogP contribution in [0.4, 0.5) is 10.1 Å². The van der Waals surface area contributed by atoms with Crippen LogP contribution in [0.5, 0.6) is 0 Å². The summed E-state index contributed by atoms with van der Waals surface area (Å²) in [7, 11) is 0. The Bertz CT molecular complexity index is 718. The van der Waals surface area contributed by atoms with E-state index >= 15 is 0 Å². The molecule has 0 radical (unpaired) electrons. The van der Waals surface area contributed by atoms with Crippen LogP contribution >= 0.6 is 0 Å². The van der Waals surface area contributed by atoms with E-state index in [1.165, 1.54) is 12.1 Å². The number of nitrogens with one attached hydrogen (secondary N) is 1. The number of para-hydroxylation sites is 1. The number of rotatable bonds is 4. The Morgan fingerprint density at radius 1 is 1.17 bits per heavy atom. The van der Waals surface area contributed by atoms with Gasteiger partial charge in [0.25, 0.3) is 0 Å². The molecule has 2 aromatic rings. The monoisotopic (exact) mass is 312 g/mol. The van der Waals surface area contributed by atoms with Crippen LogP contribution in [0.3, 0.4) is 0 Å². The molecule has 1 fully saturated rings. The number of hydrogen-bond donors (Lipinski definition) is 1. The molecule has 1 atom stereocenters. The Morgan fingerprint density at radius 3 is 2.70 bits per heavy atom. The maximum absolute atomic E-state index is 13.1. The lowest BCUT2D eigenvalue weighted by atomic mass is 10.1. The predicted molar refractivity (Wildman–Crippen MR) is 85.4 cm³/mol. The Labute approximate surface area is 133 Å². The number of nitrogens with zero attached hydrogens (tertiary/aromatic N) is 1. The predicted octanol–water partition coefficient (Wildman–Crippen LogP) is 2.29. The second-order valence-corrected chi connectivity index (χ2v) is 5.54. The lowest BCUT2D eigenvalue weighted by molar-refractivity contribution is -0.126. The Morgan fingerprint density at radius 2 is 1.96 bits per heavy atom. The Balaban J connectivity index is 1.60. The largest absolute Gasteiger partial charge is 0.344 e. The van der Waals surface area contributed by atoms with Crippen molar-refractivity contribution in [2.24, 2.45) is 0 Å². The topological polar surface area (TPSA) is 49.4 Å². The van der Waals surface area contributed by atoms with Gasteiger partial charge in [0.05, 0.1) is 6.42 Å². The van der Waals surface area contributed by atoms with Gasteiger partial charge < -0.3 is 10.2 Å². The molecule has 0 aliphatic carbocycles. The average molecular weight is 312 g/mol. The van der Waals surface area contributed by atoms with Crippen LogP contribution < -0.4 is 10.2 Å². The van der Waals surface area contributed by atoms with Crippen LogP contribution in [-0.4, -0.2) is 24.4 Å². The van der Waals surface area contributed by atoms with Crippen LogP contribution in [0, 0.1) is 5.82 Å². The molecule has 118 valence electrons. The fourth-order valence-corrected chi connectivity index (χ4v) is 2.76. The smallest absolute Gasteiger partial charge is 0.249 e. The summed E-state index contributed by atoms with van der Waals surface area (Å²) in [5.41, 5.74) is 1.42. The Kier molecular flexibility index (Phi) is 4.37. The van der Waals surface area contributed by atoms with E-state index < -0.39 is 6.04 Å². The fourth-order valence-electron chi connectivity index (χ4n) is 2.76. The molecule has 1 saturated heterocycles. The first-order chi connectivity index (χ1) is 11.1. The minimum atomic E-state index is -0.517. The van der Waals surface area contributed by atoms with Gasteiger partial charge in [-0.3, -0.25) is 9.59 Å². The second kappa shape index (κ2) is 6.60. The van der Waals surface area contributed by atoms with E-state index in [0.717, 1.165) is 5.69 Å². The molecule has 5 heteroatoms. The molecule has 2 amide bonds. The molecule has 4 nitrogen and oxygen atoms in total. The molecule has 3 rings (SSSR count). The van der Waals surface area contributed by atoms with Crippen molar-refractivity contribution in [1.82, 2.24) is 5.32 Å². The summed E-state index contributed by atoms with van der Waals surface area (Å²) >= 11 is 0. The average Bonchev–Trinajstić information content (AvgIpc) is 2.89. The van der Waals surface area contributed by atoms with E-state index in [1.54, 1.807) is 17.0 Å². The van der Waals surface area contributed by atoms with Crippen LogP contribution in [0.2, 0.25) is 0 Å². The van der Waals surface area contributed by atoms with Crippen LogP contribution in [0.1, 0.15) is 12.0 Å². The van der Waals surface area contributed by atoms with Crippen molar-refractivity contribution < 1.29 is 14.0 Å². The normalized spacial score (nSPS) is 17.3. The van der Waals surface area contributed by atoms with Gasteiger partial charge in [-0.25, -0.2) is 4.39 Å². The van der Waals surface area contributed by atoms with E-state index in [0.29, 0.717) is 18.5 Å². The van der Waals surface area contributed by atoms with Crippen molar-refractivity contribution in [3.8, 4) is 0 Å². The summed E-state index contributed by atoms with van der Waals surface area (Å²) in [6.07, 6.45) is 0.634. The lowest BCUT2D eigenvalue weighted by Crippen LogP contribution is -2.42. The third-order valence-electron chi connectivity index (χ3n) is 3.86. The summed E-state index contributed by atoms with van der Waals surface area (Å²) in [5, 5.41) is 2.74. The van der Waals surface area contributed by atoms with Gasteiger partial charge in [-0.2, -0.15) is 0 Å². The van der Waals surface area contributed by atoms with Crippen LogP contribution in [0.15, 0.2) is 54.6 Å². The van der Waals surface area contributed by atoms with Gasteiger partial charge in [0.1, 0.15) is 11.9 Å². The number of halogens is 1. The fraction of sp³-hybridized carbons (Fsp3) is 0.222. The first-order valence-corrected chi connectivity index (χ1v) is 7.54. The molecule has 1 aliphatic rings. The number of carbonyl (C=O) groups excluding carboxylic acids is 2. The summed E-state index contributed by atoms with van der Waals surface area (Å²) in [4.78, 5) is 26.1. The molecule has 1 N–H and O–H groups in total. The molecule has 0 unspecified atom stereocenters.